The van der Waals surface area contributed by atoms with E-state index in [9.17, 15) is 14.0 Å². The second-order valence-electron chi connectivity index (χ2n) is 7.16. The van der Waals surface area contributed by atoms with Gasteiger partial charge in [-0.25, -0.2) is 14.2 Å². The first-order chi connectivity index (χ1) is 15.1. The van der Waals surface area contributed by atoms with Gasteiger partial charge in [0.2, 0.25) is 12.4 Å². The minimum Gasteiger partial charge on any atom is -0.408 e. The summed E-state index contributed by atoms with van der Waals surface area (Å²) in [4.78, 5) is 35.0. The molecule has 0 unspecified atom stereocenters. The van der Waals surface area contributed by atoms with Crippen molar-refractivity contribution in [2.45, 2.75) is 18.9 Å². The van der Waals surface area contributed by atoms with E-state index < -0.39 is 11.6 Å². The fraction of sp³-hybridized carbons (Fsp3) is 0.143. The molecule has 4 aromatic rings. The Morgan fingerprint density at radius 1 is 1.13 bits per heavy atom. The Labute approximate surface area is 174 Å². The number of aromatic nitrogens is 3. The van der Waals surface area contributed by atoms with Crippen LogP contribution in [0.1, 0.15) is 12.8 Å². The van der Waals surface area contributed by atoms with Crippen molar-refractivity contribution >= 4 is 46.3 Å². The summed E-state index contributed by atoms with van der Waals surface area (Å²) < 4.78 is 19.2. The number of rotatable bonds is 7. The van der Waals surface area contributed by atoms with E-state index in [2.05, 4.69) is 25.6 Å². The SMILES string of the molecule is O=CN(c1ccc(Nc2ncc(F)c(Nc3ccc4oc(=O)[nH]c4c3)n2)cc1)C1CC1. The van der Waals surface area contributed by atoms with E-state index in [-0.39, 0.29) is 17.8 Å². The second-order valence-corrected chi connectivity index (χ2v) is 7.16. The van der Waals surface area contributed by atoms with E-state index >= 15 is 0 Å². The van der Waals surface area contributed by atoms with Gasteiger partial charge in [0.05, 0.1) is 11.7 Å². The van der Waals surface area contributed by atoms with E-state index in [1.54, 1.807) is 35.2 Å². The van der Waals surface area contributed by atoms with Gasteiger partial charge in [0.25, 0.3) is 0 Å². The van der Waals surface area contributed by atoms with Gasteiger partial charge in [0.15, 0.2) is 17.2 Å². The molecule has 156 valence electrons. The number of nitrogens with one attached hydrogen (secondary N) is 3. The highest BCUT2D eigenvalue weighted by Crippen LogP contribution is 2.31. The Hall–Kier alpha value is -4.21. The van der Waals surface area contributed by atoms with Crippen LogP contribution < -0.4 is 21.3 Å². The van der Waals surface area contributed by atoms with Crippen LogP contribution in [0.5, 0.6) is 0 Å². The molecule has 1 fully saturated rings. The highest BCUT2D eigenvalue weighted by atomic mass is 19.1. The number of amides is 1. The molecule has 1 aliphatic rings. The Balaban J connectivity index is 1.34. The molecule has 2 aromatic carbocycles. The van der Waals surface area contributed by atoms with Crippen LogP contribution in [0.3, 0.4) is 0 Å². The zero-order valence-electron chi connectivity index (χ0n) is 16.1. The number of carbonyl (C=O) groups excluding carboxylic acids is 1. The lowest BCUT2D eigenvalue weighted by molar-refractivity contribution is -0.107. The monoisotopic (exact) mass is 420 g/mol. The van der Waals surface area contributed by atoms with Crippen LogP contribution in [-0.2, 0) is 4.79 Å². The number of fused-ring (bicyclic) bond motifs is 1. The molecule has 0 saturated heterocycles. The Bertz CT molecular complexity index is 1310. The molecule has 3 N–H and O–H groups in total. The maximum Gasteiger partial charge on any atom is 0.417 e. The minimum atomic E-state index is -0.632. The lowest BCUT2D eigenvalue weighted by atomic mass is 10.2. The van der Waals surface area contributed by atoms with Crippen molar-refractivity contribution in [3.8, 4) is 0 Å². The van der Waals surface area contributed by atoms with Crippen LogP contribution in [0.4, 0.5) is 33.2 Å². The van der Waals surface area contributed by atoms with Gasteiger partial charge >= 0.3 is 5.76 Å². The molecule has 2 heterocycles. The minimum absolute atomic E-state index is 0.0276. The molecule has 2 aromatic heterocycles. The zero-order valence-corrected chi connectivity index (χ0v) is 16.1. The fourth-order valence-electron chi connectivity index (χ4n) is 3.24. The molecule has 10 heteroatoms. The van der Waals surface area contributed by atoms with E-state index in [0.29, 0.717) is 22.5 Å². The molecule has 0 bridgehead atoms. The topological polar surface area (TPSA) is 116 Å². The number of hydrogen-bond donors (Lipinski definition) is 3. The molecule has 1 amide bonds. The number of halogens is 1. The van der Waals surface area contributed by atoms with Crippen LogP contribution in [0.25, 0.3) is 11.1 Å². The Morgan fingerprint density at radius 2 is 1.90 bits per heavy atom. The Morgan fingerprint density at radius 3 is 2.65 bits per heavy atom. The maximum atomic E-state index is 14.2. The normalized spacial score (nSPS) is 13.2. The summed E-state index contributed by atoms with van der Waals surface area (Å²) in [6.45, 7) is 0. The lowest BCUT2D eigenvalue weighted by Crippen LogP contribution is -2.23. The number of nitrogens with zero attached hydrogens (tertiary/aromatic N) is 3. The van der Waals surface area contributed by atoms with Gasteiger partial charge in [0, 0.05) is 23.1 Å². The molecule has 5 rings (SSSR count). The predicted octanol–water partition coefficient (Wildman–Crippen LogP) is 3.66. The van der Waals surface area contributed by atoms with Gasteiger partial charge in [-0.3, -0.25) is 9.78 Å². The molecule has 31 heavy (non-hydrogen) atoms. The van der Waals surface area contributed by atoms with Crippen LogP contribution in [0.15, 0.2) is 57.9 Å². The number of anilines is 5. The summed E-state index contributed by atoms with van der Waals surface area (Å²) in [6.07, 6.45) is 3.94. The van der Waals surface area contributed by atoms with Crippen molar-refractivity contribution in [2.24, 2.45) is 0 Å². The summed E-state index contributed by atoms with van der Waals surface area (Å²) in [5.41, 5.74) is 2.92. The van der Waals surface area contributed by atoms with Crippen molar-refractivity contribution in [1.29, 1.82) is 0 Å². The summed E-state index contributed by atoms with van der Waals surface area (Å²) in [6, 6.07) is 12.4. The van der Waals surface area contributed by atoms with Crippen molar-refractivity contribution in [1.82, 2.24) is 15.0 Å². The number of H-pyrrole nitrogens is 1. The average molecular weight is 420 g/mol. The van der Waals surface area contributed by atoms with Gasteiger partial charge in [0.1, 0.15) is 0 Å². The second kappa shape index (κ2) is 7.56. The predicted molar refractivity (Wildman–Crippen MR) is 113 cm³/mol. The number of oxazole rings is 1. The van der Waals surface area contributed by atoms with E-state index in [4.69, 9.17) is 4.42 Å². The van der Waals surface area contributed by atoms with Crippen molar-refractivity contribution in [3.63, 3.8) is 0 Å². The summed E-state index contributed by atoms with van der Waals surface area (Å²) in [7, 11) is 0. The Kier molecular flexibility index (Phi) is 4.58. The molecule has 0 atom stereocenters. The third-order valence-electron chi connectivity index (χ3n) is 4.90. The van der Waals surface area contributed by atoms with Crippen molar-refractivity contribution in [3.05, 3.63) is 65.0 Å². The smallest absolute Gasteiger partial charge is 0.408 e. The van der Waals surface area contributed by atoms with Crippen molar-refractivity contribution < 1.29 is 13.6 Å². The first kappa shape index (κ1) is 18.8. The number of carbonyl (C=O) groups is 1. The molecule has 0 aliphatic heterocycles. The largest absolute Gasteiger partial charge is 0.417 e. The molecule has 9 nitrogen and oxygen atoms in total. The molecule has 0 radical (unpaired) electrons. The summed E-state index contributed by atoms with van der Waals surface area (Å²) in [5.74, 6) is -1.02. The number of benzene rings is 2. The highest BCUT2D eigenvalue weighted by molar-refractivity contribution is 5.79. The fourth-order valence-corrected chi connectivity index (χ4v) is 3.24. The number of aromatic amines is 1. The lowest BCUT2D eigenvalue weighted by Gasteiger charge is -2.17. The molecular formula is C21H17FN6O3. The molecule has 1 aliphatic carbocycles. The third-order valence-corrected chi connectivity index (χ3v) is 4.90. The van der Waals surface area contributed by atoms with Crippen LogP contribution in [0.2, 0.25) is 0 Å². The van der Waals surface area contributed by atoms with Crippen LogP contribution in [-0.4, -0.2) is 27.4 Å². The van der Waals surface area contributed by atoms with E-state index in [0.717, 1.165) is 31.1 Å². The summed E-state index contributed by atoms with van der Waals surface area (Å²) in [5, 5.41) is 5.90. The van der Waals surface area contributed by atoms with E-state index in [1.807, 2.05) is 12.1 Å². The van der Waals surface area contributed by atoms with Gasteiger partial charge in [-0.2, -0.15) is 4.98 Å². The standard InChI is InChI=1S/C21H17FN6O3/c22-16-10-23-20(25-12-1-4-14(5-2-12)28(11-29)15-6-7-15)27-19(16)24-13-3-8-18-17(9-13)26-21(30)31-18/h1-5,8-11,15H,6-7H2,(H,26,30)(H2,23,24,25,27). The van der Waals surface area contributed by atoms with Gasteiger partial charge in [-0.15, -0.1) is 0 Å². The van der Waals surface area contributed by atoms with Crippen LogP contribution >= 0.6 is 0 Å². The van der Waals surface area contributed by atoms with Gasteiger partial charge in [-0.05, 0) is 55.3 Å². The first-order valence-electron chi connectivity index (χ1n) is 9.62. The molecule has 1 saturated carbocycles. The molecular weight excluding hydrogens is 403 g/mol. The zero-order chi connectivity index (χ0) is 21.4. The van der Waals surface area contributed by atoms with Crippen LogP contribution in [0, 0.1) is 5.82 Å². The highest BCUT2D eigenvalue weighted by Gasteiger charge is 2.28. The molecule has 0 spiro atoms. The van der Waals surface area contributed by atoms with Crippen molar-refractivity contribution in [2.75, 3.05) is 15.5 Å². The first-order valence-corrected chi connectivity index (χ1v) is 9.62. The van der Waals surface area contributed by atoms with Gasteiger partial charge < -0.3 is 20.0 Å². The summed E-state index contributed by atoms with van der Waals surface area (Å²) >= 11 is 0. The van der Waals surface area contributed by atoms with E-state index in [1.165, 1.54) is 0 Å². The average Bonchev–Trinajstić information content (AvgIpc) is 3.52. The van der Waals surface area contributed by atoms with Gasteiger partial charge in [-0.1, -0.05) is 0 Å². The maximum absolute atomic E-state index is 14.2. The quantitative estimate of drug-likeness (QED) is 0.391. The third kappa shape index (κ3) is 3.95. The number of hydrogen-bond acceptors (Lipinski definition) is 7.